The number of rotatable bonds is 8. The number of hydrogen-bond acceptors (Lipinski definition) is 4. The Morgan fingerprint density at radius 2 is 2.06 bits per heavy atom. The second kappa shape index (κ2) is 6.98. The van der Waals surface area contributed by atoms with E-state index in [0.717, 1.165) is 6.08 Å². The molecule has 0 saturated heterocycles. The Morgan fingerprint density at radius 3 is 2.44 bits per heavy atom. The molecular formula is C12H18O4. The maximum Gasteiger partial charge on any atom is 0.330 e. The van der Waals surface area contributed by atoms with Crippen LogP contribution in [0.1, 0.15) is 6.42 Å². The topological polar surface area (TPSA) is 66.8 Å². The molecular weight excluding hydrogens is 208 g/mol. The maximum atomic E-state index is 10.9. The van der Waals surface area contributed by atoms with E-state index in [9.17, 15) is 15.0 Å². The fraction of sp³-hybridized carbons (Fsp3) is 0.417. The van der Waals surface area contributed by atoms with E-state index in [1.165, 1.54) is 6.08 Å². The minimum Gasteiger partial charge on any atom is -0.462 e. The van der Waals surface area contributed by atoms with Crippen LogP contribution in [-0.4, -0.2) is 35.5 Å². The van der Waals surface area contributed by atoms with E-state index < -0.39 is 17.5 Å². The van der Waals surface area contributed by atoms with E-state index in [2.05, 4.69) is 19.7 Å². The summed E-state index contributed by atoms with van der Waals surface area (Å²) < 4.78 is 4.85. The third kappa shape index (κ3) is 3.64. The smallest absolute Gasteiger partial charge is 0.330 e. The average Bonchev–Trinajstić information content (AvgIpc) is 2.33. The first-order valence-corrected chi connectivity index (χ1v) is 4.88. The van der Waals surface area contributed by atoms with Crippen molar-refractivity contribution in [3.8, 4) is 0 Å². The van der Waals surface area contributed by atoms with Gasteiger partial charge in [-0.2, -0.15) is 0 Å². The summed E-state index contributed by atoms with van der Waals surface area (Å²) in [6.45, 7) is 9.79. The molecule has 90 valence electrons. The summed E-state index contributed by atoms with van der Waals surface area (Å²) in [5.74, 6) is -0.599. The number of carbonyl (C=O) groups excluding carboxylic acids is 1. The molecule has 4 heteroatoms. The SMILES string of the molecule is C=CCC(CO)(COC(=O)C=C)C(O)C=C. The first-order chi connectivity index (χ1) is 7.56. The highest BCUT2D eigenvalue weighted by Crippen LogP contribution is 2.28. The Hall–Kier alpha value is -1.39. The molecule has 0 aromatic heterocycles. The average molecular weight is 226 g/mol. The van der Waals surface area contributed by atoms with Crippen LogP contribution in [0.15, 0.2) is 38.0 Å². The van der Waals surface area contributed by atoms with E-state index >= 15 is 0 Å². The molecule has 0 heterocycles. The van der Waals surface area contributed by atoms with Crippen molar-refractivity contribution in [2.75, 3.05) is 13.2 Å². The van der Waals surface area contributed by atoms with Crippen molar-refractivity contribution < 1.29 is 19.7 Å². The van der Waals surface area contributed by atoms with Crippen molar-refractivity contribution in [1.29, 1.82) is 0 Å². The second-order valence-corrected chi connectivity index (χ2v) is 3.51. The molecule has 0 saturated carbocycles. The van der Waals surface area contributed by atoms with Crippen LogP contribution in [0.2, 0.25) is 0 Å². The molecule has 0 spiro atoms. The lowest BCUT2D eigenvalue weighted by atomic mass is 9.80. The molecule has 0 bridgehead atoms. The minimum absolute atomic E-state index is 0.118. The number of aliphatic hydroxyl groups is 2. The molecule has 2 atom stereocenters. The lowest BCUT2D eigenvalue weighted by Crippen LogP contribution is -2.42. The third-order valence-electron chi connectivity index (χ3n) is 2.38. The van der Waals surface area contributed by atoms with Crippen LogP contribution in [0.4, 0.5) is 0 Å². The second-order valence-electron chi connectivity index (χ2n) is 3.51. The van der Waals surface area contributed by atoms with Crippen LogP contribution < -0.4 is 0 Å². The third-order valence-corrected chi connectivity index (χ3v) is 2.38. The Bertz CT molecular complexity index is 272. The molecule has 0 aliphatic heterocycles. The van der Waals surface area contributed by atoms with E-state index in [1.54, 1.807) is 6.08 Å². The Labute approximate surface area is 95.5 Å². The summed E-state index contributed by atoms with van der Waals surface area (Å²) in [4.78, 5) is 10.9. The van der Waals surface area contributed by atoms with Crippen LogP contribution in [0.5, 0.6) is 0 Å². The number of allylic oxidation sites excluding steroid dienone is 1. The predicted molar refractivity (Wildman–Crippen MR) is 61.7 cm³/mol. The van der Waals surface area contributed by atoms with Gasteiger partial charge < -0.3 is 14.9 Å². The zero-order valence-corrected chi connectivity index (χ0v) is 9.26. The molecule has 0 radical (unpaired) electrons. The van der Waals surface area contributed by atoms with Crippen LogP contribution in [0.3, 0.4) is 0 Å². The monoisotopic (exact) mass is 226 g/mol. The van der Waals surface area contributed by atoms with Crippen molar-refractivity contribution in [2.24, 2.45) is 5.41 Å². The quantitative estimate of drug-likeness (QED) is 0.365. The summed E-state index contributed by atoms with van der Waals surface area (Å²) in [5.41, 5.74) is -0.984. The van der Waals surface area contributed by atoms with Gasteiger partial charge in [0.1, 0.15) is 6.61 Å². The summed E-state index contributed by atoms with van der Waals surface area (Å²) in [7, 11) is 0. The van der Waals surface area contributed by atoms with Gasteiger partial charge in [-0.25, -0.2) is 4.79 Å². The molecule has 0 fully saturated rings. The first-order valence-electron chi connectivity index (χ1n) is 4.88. The van der Waals surface area contributed by atoms with Gasteiger partial charge in [0.25, 0.3) is 0 Å². The Morgan fingerprint density at radius 1 is 1.44 bits per heavy atom. The van der Waals surface area contributed by atoms with Crippen molar-refractivity contribution in [3.05, 3.63) is 38.0 Å². The van der Waals surface area contributed by atoms with Gasteiger partial charge in [-0.05, 0) is 6.42 Å². The highest BCUT2D eigenvalue weighted by atomic mass is 16.5. The van der Waals surface area contributed by atoms with E-state index in [4.69, 9.17) is 4.74 Å². The van der Waals surface area contributed by atoms with Gasteiger partial charge in [-0.3, -0.25) is 0 Å². The van der Waals surface area contributed by atoms with Gasteiger partial charge in [0.15, 0.2) is 0 Å². The molecule has 0 amide bonds. The zero-order chi connectivity index (χ0) is 12.6. The van der Waals surface area contributed by atoms with E-state index in [0.29, 0.717) is 6.42 Å². The molecule has 2 unspecified atom stereocenters. The highest BCUT2D eigenvalue weighted by Gasteiger charge is 2.36. The molecule has 0 aliphatic carbocycles. The van der Waals surface area contributed by atoms with E-state index in [1.807, 2.05) is 0 Å². The van der Waals surface area contributed by atoms with Gasteiger partial charge in [0.05, 0.1) is 18.1 Å². The highest BCUT2D eigenvalue weighted by molar-refractivity contribution is 5.81. The largest absolute Gasteiger partial charge is 0.462 e. The zero-order valence-electron chi connectivity index (χ0n) is 9.26. The summed E-state index contributed by atoms with van der Waals surface area (Å²) in [6, 6.07) is 0. The normalized spacial score (nSPS) is 15.6. The summed E-state index contributed by atoms with van der Waals surface area (Å²) in [5, 5.41) is 19.1. The van der Waals surface area contributed by atoms with Gasteiger partial charge >= 0.3 is 5.97 Å². The number of aliphatic hydroxyl groups excluding tert-OH is 2. The Kier molecular flexibility index (Phi) is 6.37. The number of hydrogen-bond donors (Lipinski definition) is 2. The van der Waals surface area contributed by atoms with Gasteiger partial charge in [-0.15, -0.1) is 13.2 Å². The van der Waals surface area contributed by atoms with Crippen molar-refractivity contribution in [3.63, 3.8) is 0 Å². The van der Waals surface area contributed by atoms with Crippen LogP contribution in [0.25, 0.3) is 0 Å². The first kappa shape index (κ1) is 14.6. The fourth-order valence-corrected chi connectivity index (χ4v) is 1.28. The predicted octanol–water partition coefficient (Wildman–Crippen LogP) is 0.817. The molecule has 2 N–H and O–H groups in total. The molecule has 0 rings (SSSR count). The fourth-order valence-electron chi connectivity index (χ4n) is 1.28. The Balaban J connectivity index is 4.74. The maximum absolute atomic E-state index is 10.9. The number of ether oxygens (including phenoxy) is 1. The van der Waals surface area contributed by atoms with Crippen LogP contribution in [0, 0.1) is 5.41 Å². The molecule has 0 aromatic carbocycles. The molecule has 0 aliphatic rings. The van der Waals surface area contributed by atoms with E-state index in [-0.39, 0.29) is 13.2 Å². The number of esters is 1. The molecule has 16 heavy (non-hydrogen) atoms. The standard InChI is InChI=1S/C12H18O4/c1-4-7-12(8-13,10(14)5-2)9-16-11(15)6-3/h4-6,10,13-14H,1-3,7-9H2. The number of carbonyl (C=O) groups is 1. The van der Waals surface area contributed by atoms with Crippen molar-refractivity contribution in [2.45, 2.75) is 12.5 Å². The molecule has 0 aromatic rings. The molecule has 4 nitrogen and oxygen atoms in total. The minimum atomic E-state index is -0.984. The summed E-state index contributed by atoms with van der Waals surface area (Å²) >= 11 is 0. The van der Waals surface area contributed by atoms with Crippen LogP contribution >= 0.6 is 0 Å². The lowest BCUT2D eigenvalue weighted by Gasteiger charge is -2.33. The van der Waals surface area contributed by atoms with Gasteiger partial charge in [0, 0.05) is 6.08 Å². The van der Waals surface area contributed by atoms with Crippen LogP contribution in [-0.2, 0) is 9.53 Å². The van der Waals surface area contributed by atoms with Crippen molar-refractivity contribution in [1.82, 2.24) is 0 Å². The van der Waals surface area contributed by atoms with Gasteiger partial charge in [0.2, 0.25) is 0 Å². The lowest BCUT2D eigenvalue weighted by molar-refractivity contribution is -0.145. The van der Waals surface area contributed by atoms with Gasteiger partial charge in [-0.1, -0.05) is 18.7 Å². The van der Waals surface area contributed by atoms with Crippen molar-refractivity contribution >= 4 is 5.97 Å². The summed E-state index contributed by atoms with van der Waals surface area (Å²) in [6.07, 6.45) is 3.19.